The monoisotopic (exact) mass is 358 g/mol. The summed E-state index contributed by atoms with van der Waals surface area (Å²) in [5.41, 5.74) is 9.04. The molecule has 7 heteroatoms. The molecule has 2 N–H and O–H groups in total. The predicted octanol–water partition coefficient (Wildman–Crippen LogP) is 3.05. The second-order valence-electron chi connectivity index (χ2n) is 5.82. The van der Waals surface area contributed by atoms with E-state index in [1.807, 2.05) is 18.4 Å². The lowest BCUT2D eigenvalue weighted by Crippen LogP contribution is -2.27. The van der Waals surface area contributed by atoms with Crippen molar-refractivity contribution in [1.29, 1.82) is 0 Å². The molecule has 0 saturated heterocycles. The van der Waals surface area contributed by atoms with Crippen LogP contribution in [0.15, 0.2) is 41.9 Å². The molecule has 0 aliphatic carbocycles. The van der Waals surface area contributed by atoms with Crippen molar-refractivity contribution < 1.29 is 9.47 Å². The van der Waals surface area contributed by atoms with E-state index in [0.717, 1.165) is 35.3 Å². The highest BCUT2D eigenvalue weighted by atomic mass is 32.2. The van der Waals surface area contributed by atoms with E-state index in [9.17, 15) is 0 Å². The molecule has 0 amide bonds. The number of nitrogens with two attached hydrogens (primary N) is 1. The fourth-order valence-corrected chi connectivity index (χ4v) is 3.13. The summed E-state index contributed by atoms with van der Waals surface area (Å²) in [5, 5.41) is 0.580. The third-order valence-electron chi connectivity index (χ3n) is 4.18. The third-order valence-corrected chi connectivity index (χ3v) is 4.70. The lowest BCUT2D eigenvalue weighted by atomic mass is 9.93. The number of rotatable bonds is 5. The lowest BCUT2D eigenvalue weighted by Gasteiger charge is -2.31. The van der Waals surface area contributed by atoms with Gasteiger partial charge in [-0.15, -0.1) is 0 Å². The largest absolute Gasteiger partial charge is 0.490 e. The molecule has 3 rings (SSSR count). The molecule has 1 aliphatic rings. The number of hydrogen-bond donors (Lipinski definition) is 1. The Bertz CT molecular complexity index is 739. The zero-order chi connectivity index (χ0) is 17.6. The number of ether oxygens (including phenoxy) is 2. The highest BCUT2D eigenvalue weighted by Gasteiger charge is 2.28. The van der Waals surface area contributed by atoms with Crippen LogP contribution in [0.25, 0.3) is 11.1 Å². The number of nitrogens with zero attached hydrogens (tertiary/aromatic N) is 3. The van der Waals surface area contributed by atoms with Gasteiger partial charge in [0.25, 0.3) is 0 Å². The van der Waals surface area contributed by atoms with Gasteiger partial charge in [-0.1, -0.05) is 17.8 Å². The number of fused-ring (bicyclic) bond motifs is 1. The van der Waals surface area contributed by atoms with Crippen molar-refractivity contribution in [2.24, 2.45) is 10.7 Å². The van der Waals surface area contributed by atoms with Crippen LogP contribution in [0.1, 0.15) is 24.4 Å². The summed E-state index contributed by atoms with van der Waals surface area (Å²) in [6.07, 6.45) is 8.74. The third kappa shape index (κ3) is 4.29. The van der Waals surface area contributed by atoms with Gasteiger partial charge in [-0.25, -0.2) is 9.97 Å². The molecule has 2 atom stereocenters. The highest BCUT2D eigenvalue weighted by Crippen LogP contribution is 2.40. The first-order valence-corrected chi connectivity index (χ1v) is 9.36. The van der Waals surface area contributed by atoms with Gasteiger partial charge >= 0.3 is 0 Å². The number of amidine groups is 1. The van der Waals surface area contributed by atoms with Crippen molar-refractivity contribution >= 4 is 16.9 Å². The van der Waals surface area contributed by atoms with Gasteiger partial charge in [0.15, 0.2) is 5.17 Å². The van der Waals surface area contributed by atoms with E-state index >= 15 is 0 Å². The number of thioether (sulfide) groups is 1. The van der Waals surface area contributed by atoms with Gasteiger partial charge in [0.2, 0.25) is 0 Å². The molecule has 25 heavy (non-hydrogen) atoms. The molecular formula is C18H22N4O2S. The number of aromatic nitrogens is 2. The topological polar surface area (TPSA) is 82.6 Å². The molecule has 2 aromatic rings. The van der Waals surface area contributed by atoms with Crippen molar-refractivity contribution in [1.82, 2.24) is 9.97 Å². The highest BCUT2D eigenvalue weighted by molar-refractivity contribution is 8.13. The minimum absolute atomic E-state index is 0.0253. The first kappa shape index (κ1) is 17.7. The summed E-state index contributed by atoms with van der Waals surface area (Å²) in [6, 6.07) is 6.09. The van der Waals surface area contributed by atoms with Gasteiger partial charge in [0.05, 0.1) is 6.04 Å². The second-order valence-corrected chi connectivity index (χ2v) is 6.65. The maximum Gasteiger partial charge on any atom is 0.154 e. The molecule has 0 bridgehead atoms. The molecule has 2 unspecified atom stereocenters. The van der Waals surface area contributed by atoms with E-state index in [1.54, 1.807) is 19.5 Å². The van der Waals surface area contributed by atoms with Crippen molar-refractivity contribution in [3.63, 3.8) is 0 Å². The minimum Gasteiger partial charge on any atom is -0.490 e. The SMILES string of the molecule is COCCC1CC(N=C(N)SC)c2cc(-c3cncnc3)ccc2O1. The van der Waals surface area contributed by atoms with E-state index in [0.29, 0.717) is 11.8 Å². The molecule has 6 nitrogen and oxygen atoms in total. The van der Waals surface area contributed by atoms with Gasteiger partial charge in [-0.2, -0.15) is 0 Å². The van der Waals surface area contributed by atoms with Crippen LogP contribution in [0.5, 0.6) is 5.75 Å². The van der Waals surface area contributed by atoms with Crippen LogP contribution in [0.2, 0.25) is 0 Å². The summed E-state index contributed by atoms with van der Waals surface area (Å²) in [5.74, 6) is 0.857. The van der Waals surface area contributed by atoms with Crippen LogP contribution in [-0.2, 0) is 4.74 Å². The fourth-order valence-electron chi connectivity index (χ4n) is 2.90. The van der Waals surface area contributed by atoms with Crippen LogP contribution in [-0.4, -0.2) is 41.2 Å². The molecule has 1 aliphatic heterocycles. The second kappa shape index (κ2) is 8.31. The molecule has 1 aromatic carbocycles. The van der Waals surface area contributed by atoms with E-state index in [1.165, 1.54) is 18.1 Å². The summed E-state index contributed by atoms with van der Waals surface area (Å²) in [6.45, 7) is 0.661. The number of benzene rings is 1. The maximum atomic E-state index is 6.14. The van der Waals surface area contributed by atoms with Crippen molar-refractivity contribution in [2.45, 2.75) is 25.0 Å². The zero-order valence-electron chi connectivity index (χ0n) is 14.4. The molecule has 132 valence electrons. The molecule has 1 aromatic heterocycles. The Balaban J connectivity index is 1.95. The Labute approximate surface area is 151 Å². The minimum atomic E-state index is -0.0253. The molecule has 0 spiro atoms. The van der Waals surface area contributed by atoms with Crippen LogP contribution >= 0.6 is 11.8 Å². The summed E-state index contributed by atoms with van der Waals surface area (Å²) in [4.78, 5) is 12.9. The van der Waals surface area contributed by atoms with Crippen LogP contribution in [0.3, 0.4) is 0 Å². The molecule has 0 saturated carbocycles. The van der Waals surface area contributed by atoms with Gasteiger partial charge < -0.3 is 15.2 Å². The first-order valence-electron chi connectivity index (χ1n) is 8.13. The van der Waals surface area contributed by atoms with E-state index in [4.69, 9.17) is 20.2 Å². The Morgan fingerprint density at radius 1 is 1.36 bits per heavy atom. The van der Waals surface area contributed by atoms with Crippen LogP contribution in [0.4, 0.5) is 0 Å². The number of aliphatic imine (C=N–C) groups is 1. The molecule has 0 fully saturated rings. The van der Waals surface area contributed by atoms with Gasteiger partial charge in [0.1, 0.15) is 18.2 Å². The predicted molar refractivity (Wildman–Crippen MR) is 101 cm³/mol. The van der Waals surface area contributed by atoms with Crippen molar-refractivity contribution in [3.05, 3.63) is 42.5 Å². The molecule has 0 radical (unpaired) electrons. The average molecular weight is 358 g/mol. The summed E-state index contributed by atoms with van der Waals surface area (Å²) >= 11 is 1.46. The standard InChI is InChI=1S/C18H22N4O2S/c1-23-6-5-14-8-16(22-18(19)25-2)15-7-12(3-4-17(15)24-14)13-9-20-11-21-10-13/h3-4,7,9-11,14,16H,5-6,8H2,1-2H3,(H2,19,22). The van der Waals surface area contributed by atoms with Crippen molar-refractivity contribution in [3.8, 4) is 16.9 Å². The lowest BCUT2D eigenvalue weighted by molar-refractivity contribution is 0.104. The average Bonchev–Trinajstić information content (AvgIpc) is 2.66. The van der Waals surface area contributed by atoms with Gasteiger partial charge in [-0.3, -0.25) is 4.99 Å². The zero-order valence-corrected chi connectivity index (χ0v) is 15.2. The first-order chi connectivity index (χ1) is 12.2. The van der Waals surface area contributed by atoms with Crippen LogP contribution < -0.4 is 10.5 Å². The van der Waals surface area contributed by atoms with E-state index in [2.05, 4.69) is 16.0 Å². The fraction of sp³-hybridized carbons (Fsp3) is 0.389. The summed E-state index contributed by atoms with van der Waals surface area (Å²) < 4.78 is 11.3. The Morgan fingerprint density at radius 3 is 2.88 bits per heavy atom. The van der Waals surface area contributed by atoms with Gasteiger partial charge in [0, 0.05) is 50.1 Å². The maximum absolute atomic E-state index is 6.14. The summed E-state index contributed by atoms with van der Waals surface area (Å²) in [7, 11) is 1.70. The Hall–Kier alpha value is -2.12. The van der Waals surface area contributed by atoms with Crippen molar-refractivity contribution in [2.75, 3.05) is 20.0 Å². The Morgan fingerprint density at radius 2 is 2.16 bits per heavy atom. The number of methoxy groups -OCH3 is 1. The van der Waals surface area contributed by atoms with Crippen LogP contribution in [0, 0.1) is 0 Å². The smallest absolute Gasteiger partial charge is 0.154 e. The quantitative estimate of drug-likeness (QED) is 0.653. The Kier molecular flexibility index (Phi) is 5.88. The number of hydrogen-bond acceptors (Lipinski definition) is 6. The van der Waals surface area contributed by atoms with Gasteiger partial charge in [-0.05, 0) is 24.0 Å². The molecular weight excluding hydrogens is 336 g/mol. The van der Waals surface area contributed by atoms with E-state index < -0.39 is 0 Å². The van der Waals surface area contributed by atoms with E-state index in [-0.39, 0.29) is 12.1 Å². The molecule has 2 heterocycles. The normalized spacial score (nSPS) is 20.0.